The number of aromatic nitrogens is 2. The Hall–Kier alpha value is -1.13. The number of fused-ring (bicyclic) bond motifs is 1. The first-order chi connectivity index (χ1) is 9.77. The predicted molar refractivity (Wildman–Crippen MR) is 79.8 cm³/mol. The van der Waals surface area contributed by atoms with Gasteiger partial charge >= 0.3 is 0 Å². The van der Waals surface area contributed by atoms with E-state index in [9.17, 15) is 4.39 Å². The van der Waals surface area contributed by atoms with E-state index in [-0.39, 0.29) is 5.82 Å². The van der Waals surface area contributed by atoms with Crippen molar-refractivity contribution in [2.45, 2.75) is 32.7 Å². The highest BCUT2D eigenvalue weighted by Gasteiger charge is 2.12. The van der Waals surface area contributed by atoms with Crippen molar-refractivity contribution < 1.29 is 9.13 Å². The largest absolute Gasteiger partial charge is 0.380 e. The van der Waals surface area contributed by atoms with Crippen LogP contribution in [0.15, 0.2) is 18.2 Å². The van der Waals surface area contributed by atoms with Crippen LogP contribution in [0.25, 0.3) is 11.0 Å². The average Bonchev–Trinajstić information content (AvgIpc) is 2.79. The first-order valence-corrected chi connectivity index (χ1v) is 7.58. The van der Waals surface area contributed by atoms with Crippen molar-refractivity contribution in [1.29, 1.82) is 0 Å². The van der Waals surface area contributed by atoms with Crippen LogP contribution < -0.4 is 0 Å². The van der Waals surface area contributed by atoms with Gasteiger partial charge in [0.2, 0.25) is 0 Å². The third-order valence-corrected chi connectivity index (χ3v) is 3.42. The summed E-state index contributed by atoms with van der Waals surface area (Å²) in [4.78, 5) is 4.36. The normalized spacial score (nSPS) is 11.3. The standard InChI is InChI=1S/C15H20ClFN2O/c1-2-3-10-20-11-9-19-13-6-4-5-12(17)15(13)18-14(19)7-8-16/h4-6H,2-3,7-11H2,1H3. The molecule has 0 radical (unpaired) electrons. The molecule has 0 aliphatic rings. The van der Waals surface area contributed by atoms with Crippen LogP contribution in [0.4, 0.5) is 4.39 Å². The van der Waals surface area contributed by atoms with Gasteiger partial charge in [-0.3, -0.25) is 0 Å². The highest BCUT2D eigenvalue weighted by atomic mass is 35.5. The molecule has 0 N–H and O–H groups in total. The second kappa shape index (κ2) is 7.60. The molecule has 2 rings (SSSR count). The Bertz CT molecular complexity index is 556. The number of unbranched alkanes of at least 4 members (excludes halogenated alkanes) is 1. The SMILES string of the molecule is CCCCOCCn1c(CCCl)nc2c(F)cccc21. The summed E-state index contributed by atoms with van der Waals surface area (Å²) in [6, 6.07) is 5.02. The van der Waals surface area contributed by atoms with E-state index in [1.165, 1.54) is 6.07 Å². The van der Waals surface area contributed by atoms with Gasteiger partial charge in [-0.05, 0) is 18.6 Å². The minimum atomic E-state index is -0.288. The van der Waals surface area contributed by atoms with Gasteiger partial charge in [0.15, 0.2) is 5.82 Å². The molecule has 1 heterocycles. The van der Waals surface area contributed by atoms with Gasteiger partial charge < -0.3 is 9.30 Å². The van der Waals surface area contributed by atoms with Gasteiger partial charge in [-0.25, -0.2) is 9.37 Å². The lowest BCUT2D eigenvalue weighted by Crippen LogP contribution is -2.10. The van der Waals surface area contributed by atoms with Crippen LogP contribution in [0.5, 0.6) is 0 Å². The number of para-hydroxylation sites is 1. The Kier molecular flexibility index (Phi) is 5.80. The number of nitrogens with zero attached hydrogens (tertiary/aromatic N) is 2. The van der Waals surface area contributed by atoms with Crippen molar-refractivity contribution in [1.82, 2.24) is 9.55 Å². The van der Waals surface area contributed by atoms with Gasteiger partial charge in [-0.2, -0.15) is 0 Å². The van der Waals surface area contributed by atoms with E-state index < -0.39 is 0 Å². The summed E-state index contributed by atoms with van der Waals surface area (Å²) in [6.07, 6.45) is 2.81. The number of benzene rings is 1. The van der Waals surface area contributed by atoms with Gasteiger partial charge in [-0.15, -0.1) is 11.6 Å². The molecule has 2 aromatic rings. The lowest BCUT2D eigenvalue weighted by atomic mass is 10.3. The van der Waals surface area contributed by atoms with Crippen LogP contribution in [0.2, 0.25) is 0 Å². The van der Waals surface area contributed by atoms with Crippen molar-refractivity contribution >= 4 is 22.6 Å². The maximum absolute atomic E-state index is 13.8. The molecule has 0 fully saturated rings. The summed E-state index contributed by atoms with van der Waals surface area (Å²) >= 11 is 5.80. The zero-order valence-electron chi connectivity index (χ0n) is 11.7. The van der Waals surface area contributed by atoms with Crippen molar-refractivity contribution in [3.05, 3.63) is 29.8 Å². The first kappa shape index (κ1) is 15.3. The second-order valence-electron chi connectivity index (χ2n) is 4.69. The molecule has 0 bridgehead atoms. The van der Waals surface area contributed by atoms with Gasteiger partial charge in [-0.1, -0.05) is 19.4 Å². The Labute approximate surface area is 123 Å². The Morgan fingerprint density at radius 1 is 1.35 bits per heavy atom. The summed E-state index contributed by atoms with van der Waals surface area (Å²) in [6.45, 7) is 4.18. The fraction of sp³-hybridized carbons (Fsp3) is 0.533. The summed E-state index contributed by atoms with van der Waals surface area (Å²) in [5.74, 6) is 1.00. The topological polar surface area (TPSA) is 27.1 Å². The van der Waals surface area contributed by atoms with Crippen molar-refractivity contribution in [2.75, 3.05) is 19.1 Å². The van der Waals surface area contributed by atoms with E-state index in [2.05, 4.69) is 11.9 Å². The van der Waals surface area contributed by atoms with E-state index in [4.69, 9.17) is 16.3 Å². The number of rotatable bonds is 8. The molecule has 0 unspecified atom stereocenters. The van der Waals surface area contributed by atoms with Crippen molar-refractivity contribution in [2.24, 2.45) is 0 Å². The fourth-order valence-electron chi connectivity index (χ4n) is 2.19. The Balaban J connectivity index is 2.16. The molecule has 20 heavy (non-hydrogen) atoms. The van der Waals surface area contributed by atoms with Gasteiger partial charge in [0, 0.05) is 25.5 Å². The minimum absolute atomic E-state index is 0.288. The molecular formula is C15H20ClFN2O. The molecule has 1 aromatic heterocycles. The maximum atomic E-state index is 13.8. The number of alkyl halides is 1. The van der Waals surface area contributed by atoms with E-state index in [1.54, 1.807) is 6.07 Å². The van der Waals surface area contributed by atoms with Crippen LogP contribution >= 0.6 is 11.6 Å². The summed E-state index contributed by atoms with van der Waals surface area (Å²) in [5, 5.41) is 0. The van der Waals surface area contributed by atoms with Gasteiger partial charge in [0.05, 0.1) is 12.1 Å². The third-order valence-electron chi connectivity index (χ3n) is 3.23. The zero-order valence-corrected chi connectivity index (χ0v) is 12.5. The smallest absolute Gasteiger partial charge is 0.151 e. The Morgan fingerprint density at radius 3 is 2.95 bits per heavy atom. The monoisotopic (exact) mass is 298 g/mol. The molecule has 0 aliphatic carbocycles. The van der Waals surface area contributed by atoms with Crippen molar-refractivity contribution in [3.8, 4) is 0 Å². The molecule has 0 atom stereocenters. The van der Waals surface area contributed by atoms with Crippen LogP contribution in [0, 0.1) is 5.82 Å². The molecule has 0 saturated carbocycles. The number of hydrogen-bond donors (Lipinski definition) is 0. The highest BCUT2D eigenvalue weighted by Crippen LogP contribution is 2.19. The molecule has 0 spiro atoms. The van der Waals surface area contributed by atoms with Crippen LogP contribution in [-0.4, -0.2) is 28.6 Å². The van der Waals surface area contributed by atoms with Crippen LogP contribution in [0.1, 0.15) is 25.6 Å². The van der Waals surface area contributed by atoms with E-state index in [1.807, 2.05) is 10.6 Å². The molecule has 1 aromatic carbocycles. The third kappa shape index (κ3) is 3.49. The number of halogens is 2. The fourth-order valence-corrected chi connectivity index (χ4v) is 2.36. The highest BCUT2D eigenvalue weighted by molar-refractivity contribution is 6.17. The first-order valence-electron chi connectivity index (χ1n) is 7.05. The maximum Gasteiger partial charge on any atom is 0.151 e. The van der Waals surface area contributed by atoms with Gasteiger partial charge in [0.1, 0.15) is 11.3 Å². The molecule has 0 saturated heterocycles. The molecule has 110 valence electrons. The zero-order chi connectivity index (χ0) is 14.4. The van der Waals surface area contributed by atoms with Crippen LogP contribution in [0.3, 0.4) is 0 Å². The molecule has 5 heteroatoms. The average molecular weight is 299 g/mol. The molecule has 0 aliphatic heterocycles. The quantitative estimate of drug-likeness (QED) is 0.548. The number of imidazole rings is 1. The number of hydrogen-bond acceptors (Lipinski definition) is 2. The Morgan fingerprint density at radius 2 is 2.20 bits per heavy atom. The lowest BCUT2D eigenvalue weighted by Gasteiger charge is -2.09. The van der Waals surface area contributed by atoms with Gasteiger partial charge in [0.25, 0.3) is 0 Å². The van der Waals surface area contributed by atoms with E-state index in [0.717, 1.165) is 30.8 Å². The molecule has 3 nitrogen and oxygen atoms in total. The summed E-state index contributed by atoms with van der Waals surface area (Å²) < 4.78 is 21.4. The van der Waals surface area contributed by atoms with Crippen molar-refractivity contribution in [3.63, 3.8) is 0 Å². The predicted octanol–water partition coefficient (Wildman–Crippen LogP) is 3.77. The summed E-state index contributed by atoms with van der Waals surface area (Å²) in [7, 11) is 0. The minimum Gasteiger partial charge on any atom is -0.380 e. The second-order valence-corrected chi connectivity index (χ2v) is 5.07. The van der Waals surface area contributed by atoms with E-state index in [0.29, 0.717) is 31.0 Å². The summed E-state index contributed by atoms with van der Waals surface area (Å²) in [5.41, 5.74) is 1.23. The van der Waals surface area contributed by atoms with E-state index >= 15 is 0 Å². The lowest BCUT2D eigenvalue weighted by molar-refractivity contribution is 0.123. The molecular weight excluding hydrogens is 279 g/mol. The number of ether oxygens (including phenoxy) is 1. The van der Waals surface area contributed by atoms with Crippen LogP contribution in [-0.2, 0) is 17.7 Å². The molecule has 0 amide bonds. The number of aryl methyl sites for hydroxylation is 1.